The monoisotopic (exact) mass is 375 g/mol. The Morgan fingerprint density at radius 3 is 2.54 bits per heavy atom. The number of methoxy groups -OCH3 is 2. The van der Waals surface area contributed by atoms with Gasteiger partial charge in [-0.1, -0.05) is 36.4 Å². The minimum absolute atomic E-state index is 0.105. The predicted molar refractivity (Wildman–Crippen MR) is 110 cm³/mol. The Labute approximate surface area is 166 Å². The number of Topliss-reactive ketones (excluding diaryl/α,β-unsaturated/α-hetero) is 1. The van der Waals surface area contributed by atoms with Crippen LogP contribution in [0.4, 0.5) is 0 Å². The van der Waals surface area contributed by atoms with Crippen LogP contribution in [0.1, 0.15) is 27.9 Å². The highest BCUT2D eigenvalue weighted by molar-refractivity contribution is 6.04. The highest BCUT2D eigenvalue weighted by Crippen LogP contribution is 2.37. The zero-order valence-corrected chi connectivity index (χ0v) is 16.4. The van der Waals surface area contributed by atoms with Crippen molar-refractivity contribution in [1.82, 2.24) is 4.90 Å². The summed E-state index contributed by atoms with van der Waals surface area (Å²) in [5.41, 5.74) is 4.33. The zero-order chi connectivity index (χ0) is 19.5. The van der Waals surface area contributed by atoms with Crippen molar-refractivity contribution in [2.45, 2.75) is 19.4 Å². The normalized spacial score (nSPS) is 19.8. The van der Waals surface area contributed by atoms with Gasteiger partial charge in [-0.15, -0.1) is 0 Å². The van der Waals surface area contributed by atoms with Crippen molar-refractivity contribution >= 4 is 5.78 Å². The fourth-order valence-corrected chi connectivity index (χ4v) is 3.96. The largest absolute Gasteiger partial charge is 0.493 e. The number of carbonyl (C=O) groups excluding carboxylic acids is 1. The molecule has 0 N–H and O–H groups in total. The number of rotatable bonds is 5. The van der Waals surface area contributed by atoms with Crippen LogP contribution in [-0.2, 0) is 13.0 Å². The highest BCUT2D eigenvalue weighted by Gasteiger charge is 2.31. The van der Waals surface area contributed by atoms with Crippen LogP contribution < -0.4 is 9.47 Å². The van der Waals surface area contributed by atoms with Crippen LogP contribution in [-0.4, -0.2) is 31.4 Å². The molecule has 2 aromatic rings. The van der Waals surface area contributed by atoms with E-state index in [4.69, 9.17) is 9.47 Å². The molecule has 1 aliphatic heterocycles. The van der Waals surface area contributed by atoms with Gasteiger partial charge in [0.05, 0.1) is 14.2 Å². The molecule has 2 aromatic carbocycles. The minimum atomic E-state index is -0.105. The standard InChI is InChI=1S/C24H25NO3/c1-27-22-14-19-13-20(24(26)21(19)15-23(22)28-2)12-17-8-10-25(11-9-17)16-18-6-4-3-5-7-18/h3-8,10,12,14-15,20H,9,11,13,16H2,1-2H3/b17-12-/t20-/m1/s1. The van der Waals surface area contributed by atoms with Gasteiger partial charge in [-0.3, -0.25) is 4.79 Å². The molecule has 0 saturated carbocycles. The summed E-state index contributed by atoms with van der Waals surface area (Å²) in [6, 6.07) is 14.2. The average Bonchev–Trinajstić information content (AvgIpc) is 3.03. The molecule has 0 radical (unpaired) electrons. The van der Waals surface area contributed by atoms with Crippen LogP contribution in [0.25, 0.3) is 0 Å². The molecule has 0 unspecified atom stereocenters. The van der Waals surface area contributed by atoms with E-state index in [1.165, 1.54) is 11.1 Å². The SMILES string of the molecule is COc1cc2c(cc1OC)C(=O)[C@H](/C=C1/C=CN(Cc3ccccc3)CC1)C2. The number of fused-ring (bicyclic) bond motifs is 1. The molecule has 4 nitrogen and oxygen atoms in total. The van der Waals surface area contributed by atoms with Crippen LogP contribution in [0, 0.1) is 5.92 Å². The summed E-state index contributed by atoms with van der Waals surface area (Å²) in [6.07, 6.45) is 8.10. The second kappa shape index (κ2) is 7.93. The molecular formula is C24H25NO3. The molecule has 0 bridgehead atoms. The van der Waals surface area contributed by atoms with E-state index in [1.807, 2.05) is 18.2 Å². The first kappa shape index (κ1) is 18.4. The molecule has 0 spiro atoms. The van der Waals surface area contributed by atoms with Crippen molar-refractivity contribution in [1.29, 1.82) is 0 Å². The first-order valence-corrected chi connectivity index (χ1v) is 9.64. The number of allylic oxidation sites excluding steroid dienone is 2. The smallest absolute Gasteiger partial charge is 0.170 e. The molecule has 4 heteroatoms. The first-order valence-electron chi connectivity index (χ1n) is 9.64. The van der Waals surface area contributed by atoms with Crippen LogP contribution in [0.5, 0.6) is 11.5 Å². The van der Waals surface area contributed by atoms with Gasteiger partial charge in [0.25, 0.3) is 0 Å². The maximum absolute atomic E-state index is 12.9. The van der Waals surface area contributed by atoms with E-state index < -0.39 is 0 Å². The summed E-state index contributed by atoms with van der Waals surface area (Å²) in [4.78, 5) is 15.2. The number of ketones is 1. The van der Waals surface area contributed by atoms with Crippen LogP contribution >= 0.6 is 0 Å². The molecule has 0 aromatic heterocycles. The average molecular weight is 375 g/mol. The fraction of sp³-hybridized carbons (Fsp3) is 0.292. The van der Waals surface area contributed by atoms with Gasteiger partial charge in [0.1, 0.15) is 0 Å². The van der Waals surface area contributed by atoms with Crippen LogP contribution in [0.2, 0.25) is 0 Å². The summed E-state index contributed by atoms with van der Waals surface area (Å²) in [7, 11) is 3.21. The fourth-order valence-electron chi connectivity index (χ4n) is 3.96. The van der Waals surface area contributed by atoms with Gasteiger partial charge in [0.15, 0.2) is 17.3 Å². The van der Waals surface area contributed by atoms with E-state index in [9.17, 15) is 4.79 Å². The van der Waals surface area contributed by atoms with E-state index >= 15 is 0 Å². The highest BCUT2D eigenvalue weighted by atomic mass is 16.5. The summed E-state index contributed by atoms with van der Waals surface area (Å²) >= 11 is 0. The zero-order valence-electron chi connectivity index (χ0n) is 16.4. The lowest BCUT2D eigenvalue weighted by atomic mass is 9.98. The molecule has 4 rings (SSSR count). The lowest BCUT2D eigenvalue weighted by Crippen LogP contribution is -2.21. The maximum atomic E-state index is 12.9. The van der Waals surface area contributed by atoms with Crippen molar-refractivity contribution in [2.75, 3.05) is 20.8 Å². The quantitative estimate of drug-likeness (QED) is 0.776. The van der Waals surface area contributed by atoms with E-state index in [-0.39, 0.29) is 11.7 Å². The molecule has 1 atom stereocenters. The molecule has 0 fully saturated rings. The van der Waals surface area contributed by atoms with Gasteiger partial charge < -0.3 is 14.4 Å². The van der Waals surface area contributed by atoms with Crippen molar-refractivity contribution in [2.24, 2.45) is 5.92 Å². The van der Waals surface area contributed by atoms with Gasteiger partial charge in [-0.2, -0.15) is 0 Å². The number of carbonyl (C=O) groups is 1. The third kappa shape index (κ3) is 3.68. The summed E-state index contributed by atoms with van der Waals surface area (Å²) in [5, 5.41) is 0. The van der Waals surface area contributed by atoms with Crippen LogP contribution in [0.3, 0.4) is 0 Å². The van der Waals surface area contributed by atoms with Gasteiger partial charge >= 0.3 is 0 Å². The third-order valence-corrected chi connectivity index (χ3v) is 5.48. The maximum Gasteiger partial charge on any atom is 0.170 e. The van der Waals surface area contributed by atoms with Gasteiger partial charge in [-0.25, -0.2) is 0 Å². The Bertz CT molecular complexity index is 930. The Morgan fingerprint density at radius 1 is 1.11 bits per heavy atom. The lowest BCUT2D eigenvalue weighted by molar-refractivity contribution is 0.0959. The Balaban J connectivity index is 1.46. The van der Waals surface area contributed by atoms with Crippen molar-refractivity contribution in [3.63, 3.8) is 0 Å². The van der Waals surface area contributed by atoms with Gasteiger partial charge in [0.2, 0.25) is 0 Å². The number of ether oxygens (including phenoxy) is 2. The van der Waals surface area contributed by atoms with Crippen molar-refractivity contribution in [3.8, 4) is 11.5 Å². The second-order valence-electron chi connectivity index (χ2n) is 7.30. The van der Waals surface area contributed by atoms with Crippen molar-refractivity contribution in [3.05, 3.63) is 83.1 Å². The third-order valence-electron chi connectivity index (χ3n) is 5.48. The number of hydrogen-bond acceptors (Lipinski definition) is 4. The molecule has 28 heavy (non-hydrogen) atoms. The summed E-state index contributed by atoms with van der Waals surface area (Å²) in [5.74, 6) is 1.35. The van der Waals surface area contributed by atoms with Crippen LogP contribution in [0.15, 0.2) is 66.4 Å². The Morgan fingerprint density at radius 2 is 1.86 bits per heavy atom. The molecule has 0 saturated heterocycles. The molecule has 0 amide bonds. The summed E-state index contributed by atoms with van der Waals surface area (Å²) < 4.78 is 10.7. The number of benzene rings is 2. The number of nitrogens with zero attached hydrogens (tertiary/aromatic N) is 1. The minimum Gasteiger partial charge on any atom is -0.493 e. The van der Waals surface area contributed by atoms with E-state index in [1.54, 1.807) is 14.2 Å². The van der Waals surface area contributed by atoms with Gasteiger partial charge in [0, 0.05) is 24.6 Å². The Hall–Kier alpha value is -3.01. The number of hydrogen-bond donors (Lipinski definition) is 0. The first-order chi connectivity index (χ1) is 13.7. The molecule has 1 heterocycles. The predicted octanol–water partition coefficient (Wildman–Crippen LogP) is 4.40. The lowest BCUT2D eigenvalue weighted by Gasteiger charge is -2.25. The van der Waals surface area contributed by atoms with E-state index in [0.717, 1.165) is 37.1 Å². The second-order valence-corrected chi connectivity index (χ2v) is 7.30. The van der Waals surface area contributed by atoms with Gasteiger partial charge in [-0.05, 0) is 54.0 Å². The van der Waals surface area contributed by atoms with E-state index in [0.29, 0.717) is 11.5 Å². The molecular weight excluding hydrogens is 350 g/mol. The van der Waals surface area contributed by atoms with Crippen molar-refractivity contribution < 1.29 is 14.3 Å². The molecule has 2 aliphatic rings. The molecule has 1 aliphatic carbocycles. The topological polar surface area (TPSA) is 38.8 Å². The Kier molecular flexibility index (Phi) is 5.20. The van der Waals surface area contributed by atoms with E-state index in [2.05, 4.69) is 47.5 Å². The summed E-state index contributed by atoms with van der Waals surface area (Å²) in [6.45, 7) is 1.88. The molecule has 144 valence electrons.